The Balaban J connectivity index is 2.32. The zero-order chi connectivity index (χ0) is 15.4. The largest absolute Gasteiger partial charge is 0.309 e. The lowest BCUT2D eigenvalue weighted by atomic mass is 10.0. The lowest BCUT2D eigenvalue weighted by molar-refractivity contribution is 0.462. The van der Waals surface area contributed by atoms with Crippen LogP contribution in [0.1, 0.15) is 36.8 Å². The van der Waals surface area contributed by atoms with Gasteiger partial charge in [0.15, 0.2) is 11.6 Å². The van der Waals surface area contributed by atoms with Crippen LogP contribution < -0.4 is 5.32 Å². The van der Waals surface area contributed by atoms with E-state index in [0.717, 1.165) is 30.5 Å². The molecule has 0 fully saturated rings. The maximum Gasteiger partial charge on any atom is 0.162 e. The summed E-state index contributed by atoms with van der Waals surface area (Å²) in [6, 6.07) is 6.21. The number of rotatable bonds is 6. The summed E-state index contributed by atoms with van der Waals surface area (Å²) < 4.78 is 29.1. The summed E-state index contributed by atoms with van der Waals surface area (Å²) in [5.74, 6) is -1.57. The van der Waals surface area contributed by atoms with Gasteiger partial charge in [-0.1, -0.05) is 19.1 Å². The van der Waals surface area contributed by atoms with Gasteiger partial charge in [-0.25, -0.2) is 8.78 Å². The Hall–Kier alpha value is -1.75. The maximum atomic E-state index is 13.9. The number of hydrogen-bond acceptors (Lipinski definition) is 2. The van der Waals surface area contributed by atoms with E-state index in [0.29, 0.717) is 12.0 Å². The van der Waals surface area contributed by atoms with Crippen molar-refractivity contribution in [2.24, 2.45) is 0 Å². The number of likely N-dealkylation sites (N-methyl/N-ethyl adjacent to an activating group) is 1. The zero-order valence-corrected chi connectivity index (χ0v) is 12.7. The van der Waals surface area contributed by atoms with Crippen LogP contribution in [0, 0.1) is 18.6 Å². The van der Waals surface area contributed by atoms with Crippen LogP contribution in [0.2, 0.25) is 0 Å². The second kappa shape index (κ2) is 6.80. The third kappa shape index (κ3) is 3.47. The highest BCUT2D eigenvalue weighted by molar-refractivity contribution is 5.23. The average molecular weight is 293 g/mol. The Morgan fingerprint density at radius 2 is 2.05 bits per heavy atom. The highest BCUT2D eigenvalue weighted by atomic mass is 19.2. The predicted molar refractivity (Wildman–Crippen MR) is 79.1 cm³/mol. The van der Waals surface area contributed by atoms with Gasteiger partial charge in [0.2, 0.25) is 0 Å². The van der Waals surface area contributed by atoms with E-state index < -0.39 is 11.6 Å². The zero-order valence-electron chi connectivity index (χ0n) is 12.7. The Bertz CT molecular complexity index is 608. The van der Waals surface area contributed by atoms with Crippen molar-refractivity contribution in [3.63, 3.8) is 0 Å². The second-order valence-electron chi connectivity index (χ2n) is 5.05. The van der Waals surface area contributed by atoms with Crippen molar-refractivity contribution < 1.29 is 8.78 Å². The predicted octanol–water partition coefficient (Wildman–Crippen LogP) is 3.38. The van der Waals surface area contributed by atoms with Crippen LogP contribution in [0.15, 0.2) is 24.3 Å². The molecule has 0 radical (unpaired) electrons. The molecule has 3 nitrogen and oxygen atoms in total. The van der Waals surface area contributed by atoms with Crippen molar-refractivity contribution >= 4 is 0 Å². The molecule has 1 N–H and O–H groups in total. The average Bonchev–Trinajstić information content (AvgIpc) is 2.84. The molecule has 1 heterocycles. The van der Waals surface area contributed by atoms with E-state index in [1.165, 1.54) is 0 Å². The highest BCUT2D eigenvalue weighted by Gasteiger charge is 2.19. The molecule has 2 rings (SSSR count). The molecule has 0 spiro atoms. The van der Waals surface area contributed by atoms with Crippen molar-refractivity contribution in [2.45, 2.75) is 39.8 Å². The molecule has 1 aromatic carbocycles. The van der Waals surface area contributed by atoms with Gasteiger partial charge < -0.3 is 5.32 Å². The Labute approximate surface area is 124 Å². The summed E-state index contributed by atoms with van der Waals surface area (Å²) in [4.78, 5) is 0. The molecule has 0 amide bonds. The molecule has 114 valence electrons. The summed E-state index contributed by atoms with van der Waals surface area (Å²) in [6.45, 7) is 7.43. The van der Waals surface area contributed by atoms with Crippen LogP contribution >= 0.6 is 0 Å². The lowest BCUT2D eigenvalue weighted by Gasteiger charge is -2.19. The summed E-state index contributed by atoms with van der Waals surface area (Å²) >= 11 is 0. The fraction of sp³-hybridized carbons (Fsp3) is 0.438. The smallest absolute Gasteiger partial charge is 0.162 e. The minimum absolute atomic E-state index is 0.0903. The number of nitrogens with one attached hydrogen (secondary N) is 1. The molecule has 5 heteroatoms. The molecule has 0 bridgehead atoms. The number of aryl methyl sites for hydroxylation is 2. The van der Waals surface area contributed by atoms with Gasteiger partial charge in [-0.3, -0.25) is 4.68 Å². The molecule has 2 aromatic rings. The van der Waals surface area contributed by atoms with Crippen LogP contribution in [0.4, 0.5) is 8.78 Å². The Kier molecular flexibility index (Phi) is 5.07. The summed E-state index contributed by atoms with van der Waals surface area (Å²) in [5, 5.41) is 7.75. The summed E-state index contributed by atoms with van der Waals surface area (Å²) in [7, 11) is 0. The molecule has 1 unspecified atom stereocenters. The lowest BCUT2D eigenvalue weighted by Crippen LogP contribution is -2.26. The van der Waals surface area contributed by atoms with Gasteiger partial charge >= 0.3 is 0 Å². The molecule has 0 saturated heterocycles. The number of halogens is 2. The van der Waals surface area contributed by atoms with E-state index >= 15 is 0 Å². The van der Waals surface area contributed by atoms with E-state index in [9.17, 15) is 8.78 Å². The van der Waals surface area contributed by atoms with Crippen molar-refractivity contribution in [3.05, 3.63) is 52.9 Å². The molecule has 1 atom stereocenters. The molecule has 21 heavy (non-hydrogen) atoms. The van der Waals surface area contributed by atoms with E-state index in [-0.39, 0.29) is 6.04 Å². The van der Waals surface area contributed by atoms with Gasteiger partial charge in [0, 0.05) is 6.54 Å². The first-order valence-electron chi connectivity index (χ1n) is 7.27. The monoisotopic (exact) mass is 293 g/mol. The highest BCUT2D eigenvalue weighted by Crippen LogP contribution is 2.22. The standard InChI is InChI=1S/C16H21F2N3/c1-4-19-14(15-9-11(3)20-21(15)5-2)10-12-7-6-8-13(17)16(12)18/h6-9,14,19H,4-5,10H2,1-3H3. The van der Waals surface area contributed by atoms with E-state index in [1.807, 2.05) is 31.5 Å². The van der Waals surface area contributed by atoms with Crippen LogP contribution in [-0.2, 0) is 13.0 Å². The minimum atomic E-state index is -0.803. The molecular formula is C16H21F2N3. The van der Waals surface area contributed by atoms with Gasteiger partial charge in [0.05, 0.1) is 17.4 Å². The number of benzene rings is 1. The second-order valence-corrected chi connectivity index (χ2v) is 5.05. The topological polar surface area (TPSA) is 29.9 Å². The number of hydrogen-bond donors (Lipinski definition) is 1. The van der Waals surface area contributed by atoms with Crippen molar-refractivity contribution in [1.82, 2.24) is 15.1 Å². The SMILES string of the molecule is CCNC(Cc1cccc(F)c1F)c1cc(C)nn1CC. The normalized spacial score (nSPS) is 12.6. The third-order valence-corrected chi connectivity index (χ3v) is 3.50. The number of aromatic nitrogens is 2. The molecule has 0 aliphatic rings. The van der Waals surface area contributed by atoms with Crippen LogP contribution in [0.5, 0.6) is 0 Å². The van der Waals surface area contributed by atoms with Crippen molar-refractivity contribution in [2.75, 3.05) is 6.54 Å². The fourth-order valence-electron chi connectivity index (χ4n) is 2.55. The van der Waals surface area contributed by atoms with E-state index in [2.05, 4.69) is 10.4 Å². The van der Waals surface area contributed by atoms with Gasteiger partial charge in [0.1, 0.15) is 0 Å². The Morgan fingerprint density at radius 3 is 2.71 bits per heavy atom. The molecular weight excluding hydrogens is 272 g/mol. The minimum Gasteiger partial charge on any atom is -0.309 e. The van der Waals surface area contributed by atoms with Crippen LogP contribution in [0.25, 0.3) is 0 Å². The van der Waals surface area contributed by atoms with Gasteiger partial charge in [-0.2, -0.15) is 5.10 Å². The van der Waals surface area contributed by atoms with Crippen LogP contribution in [0.3, 0.4) is 0 Å². The van der Waals surface area contributed by atoms with Crippen LogP contribution in [-0.4, -0.2) is 16.3 Å². The van der Waals surface area contributed by atoms with Gasteiger partial charge in [-0.15, -0.1) is 0 Å². The summed E-state index contributed by atoms with van der Waals surface area (Å²) in [6.07, 6.45) is 0.391. The van der Waals surface area contributed by atoms with E-state index in [1.54, 1.807) is 12.1 Å². The van der Waals surface area contributed by atoms with Crippen molar-refractivity contribution in [3.8, 4) is 0 Å². The molecule has 0 saturated carbocycles. The quantitative estimate of drug-likeness (QED) is 0.885. The van der Waals surface area contributed by atoms with E-state index in [4.69, 9.17) is 0 Å². The first-order valence-corrected chi connectivity index (χ1v) is 7.27. The maximum absolute atomic E-state index is 13.9. The first-order chi connectivity index (χ1) is 10.1. The third-order valence-electron chi connectivity index (χ3n) is 3.50. The van der Waals surface area contributed by atoms with Gasteiger partial charge in [-0.05, 0) is 44.5 Å². The molecule has 1 aromatic heterocycles. The fourth-order valence-corrected chi connectivity index (χ4v) is 2.55. The van der Waals surface area contributed by atoms with Gasteiger partial charge in [0.25, 0.3) is 0 Å². The molecule has 0 aliphatic carbocycles. The summed E-state index contributed by atoms with van der Waals surface area (Å²) in [5.41, 5.74) is 2.30. The first kappa shape index (κ1) is 15.6. The molecule has 0 aliphatic heterocycles. The number of nitrogens with zero attached hydrogens (tertiary/aromatic N) is 2. The Morgan fingerprint density at radius 1 is 1.29 bits per heavy atom. The van der Waals surface area contributed by atoms with Crippen molar-refractivity contribution in [1.29, 1.82) is 0 Å².